The summed E-state index contributed by atoms with van der Waals surface area (Å²) < 4.78 is 0. The Balaban J connectivity index is 0.000000606. The second kappa shape index (κ2) is 6.62. The highest BCUT2D eigenvalue weighted by atomic mass is 14.7. The molecule has 0 bridgehead atoms. The number of anilines is 1. The van der Waals surface area contributed by atoms with Gasteiger partial charge in [-0.25, -0.2) is 0 Å². The van der Waals surface area contributed by atoms with E-state index in [-0.39, 0.29) is 0 Å². The molecule has 0 aliphatic heterocycles. The van der Waals surface area contributed by atoms with Crippen LogP contribution in [0.2, 0.25) is 0 Å². The van der Waals surface area contributed by atoms with Crippen LogP contribution >= 0.6 is 0 Å². The summed E-state index contributed by atoms with van der Waals surface area (Å²) in [6.45, 7) is 4.00. The third-order valence-electron chi connectivity index (χ3n) is 2.06. The summed E-state index contributed by atoms with van der Waals surface area (Å²) >= 11 is 0. The lowest BCUT2D eigenvalue weighted by molar-refractivity contribution is 1.07. The molecule has 0 unspecified atom stereocenters. The number of hydrogen-bond acceptors (Lipinski definition) is 2. The second-order valence-corrected chi connectivity index (χ2v) is 3.24. The molecule has 0 spiro atoms. The van der Waals surface area contributed by atoms with Gasteiger partial charge in [-0.05, 0) is 29.8 Å². The van der Waals surface area contributed by atoms with Gasteiger partial charge in [0.1, 0.15) is 0 Å². The first-order chi connectivity index (χ1) is 7.84. The molecule has 2 rings (SSSR count). The maximum absolute atomic E-state index is 5.69. The zero-order chi connectivity index (χ0) is 11.8. The van der Waals surface area contributed by atoms with Crippen molar-refractivity contribution in [3.8, 4) is 0 Å². The number of hydrogen-bond donors (Lipinski definition) is 1. The fraction of sp³-hybridized carbons (Fsp3) is 0.214. The standard InChI is InChI=1S/C12H12N2.C2H6/c13-11-5-3-4-10(8-11)9-12-6-1-2-7-14-12;1-2/h1-8H,9,13H2;1-2H3. The maximum Gasteiger partial charge on any atom is 0.0447 e. The van der Waals surface area contributed by atoms with E-state index in [4.69, 9.17) is 5.73 Å². The fourth-order valence-corrected chi connectivity index (χ4v) is 1.41. The van der Waals surface area contributed by atoms with E-state index < -0.39 is 0 Å². The summed E-state index contributed by atoms with van der Waals surface area (Å²) in [6.07, 6.45) is 2.65. The van der Waals surface area contributed by atoms with Gasteiger partial charge in [0.15, 0.2) is 0 Å². The molecule has 0 amide bonds. The maximum atomic E-state index is 5.69. The number of nitrogens with two attached hydrogens (primary N) is 1. The molecule has 0 saturated carbocycles. The minimum Gasteiger partial charge on any atom is -0.399 e. The molecular weight excluding hydrogens is 196 g/mol. The molecule has 0 saturated heterocycles. The van der Waals surface area contributed by atoms with E-state index >= 15 is 0 Å². The Labute approximate surface area is 97.1 Å². The van der Waals surface area contributed by atoms with Crippen molar-refractivity contribution < 1.29 is 0 Å². The first-order valence-electron chi connectivity index (χ1n) is 5.59. The first kappa shape index (κ1) is 12.2. The number of benzene rings is 1. The fourth-order valence-electron chi connectivity index (χ4n) is 1.41. The molecule has 2 heteroatoms. The van der Waals surface area contributed by atoms with Crippen LogP contribution in [-0.4, -0.2) is 4.98 Å². The van der Waals surface area contributed by atoms with Crippen LogP contribution < -0.4 is 5.73 Å². The van der Waals surface area contributed by atoms with Gasteiger partial charge < -0.3 is 5.73 Å². The zero-order valence-corrected chi connectivity index (χ0v) is 9.85. The molecule has 0 aliphatic rings. The molecule has 0 atom stereocenters. The van der Waals surface area contributed by atoms with Crippen LogP contribution in [0.4, 0.5) is 5.69 Å². The SMILES string of the molecule is CC.Nc1cccc(Cc2ccccn2)c1. The summed E-state index contributed by atoms with van der Waals surface area (Å²) in [5, 5.41) is 0. The average molecular weight is 214 g/mol. The molecule has 1 aromatic carbocycles. The van der Waals surface area contributed by atoms with Crippen molar-refractivity contribution in [2.45, 2.75) is 20.3 Å². The normalized spacial score (nSPS) is 9.12. The smallest absolute Gasteiger partial charge is 0.0447 e. The topological polar surface area (TPSA) is 38.9 Å². The quantitative estimate of drug-likeness (QED) is 0.779. The van der Waals surface area contributed by atoms with Gasteiger partial charge in [-0.15, -0.1) is 0 Å². The predicted molar refractivity (Wildman–Crippen MR) is 69.2 cm³/mol. The van der Waals surface area contributed by atoms with E-state index in [2.05, 4.69) is 11.1 Å². The van der Waals surface area contributed by atoms with Crippen LogP contribution in [0.3, 0.4) is 0 Å². The van der Waals surface area contributed by atoms with Gasteiger partial charge in [0.25, 0.3) is 0 Å². The molecule has 2 nitrogen and oxygen atoms in total. The van der Waals surface area contributed by atoms with E-state index in [9.17, 15) is 0 Å². The van der Waals surface area contributed by atoms with E-state index in [1.807, 2.05) is 56.4 Å². The predicted octanol–water partition coefficient (Wildman–Crippen LogP) is 3.28. The molecule has 1 aromatic heterocycles. The largest absolute Gasteiger partial charge is 0.399 e. The third-order valence-corrected chi connectivity index (χ3v) is 2.06. The summed E-state index contributed by atoms with van der Waals surface area (Å²) in [6, 6.07) is 13.8. The van der Waals surface area contributed by atoms with Gasteiger partial charge in [0.05, 0.1) is 0 Å². The van der Waals surface area contributed by atoms with Crippen molar-refractivity contribution in [3.63, 3.8) is 0 Å². The molecule has 2 N–H and O–H groups in total. The van der Waals surface area contributed by atoms with Crippen molar-refractivity contribution >= 4 is 5.69 Å². The van der Waals surface area contributed by atoms with Crippen molar-refractivity contribution in [3.05, 3.63) is 59.9 Å². The van der Waals surface area contributed by atoms with Crippen molar-refractivity contribution in [1.29, 1.82) is 0 Å². The van der Waals surface area contributed by atoms with E-state index in [0.717, 1.165) is 17.8 Å². The minimum absolute atomic E-state index is 0.804. The number of nitrogen functional groups attached to an aromatic ring is 1. The second-order valence-electron chi connectivity index (χ2n) is 3.24. The number of pyridine rings is 1. The molecule has 1 heterocycles. The Bertz CT molecular complexity index is 410. The monoisotopic (exact) mass is 214 g/mol. The lowest BCUT2D eigenvalue weighted by Gasteiger charge is -2.01. The van der Waals surface area contributed by atoms with Gasteiger partial charge in [0.2, 0.25) is 0 Å². The van der Waals surface area contributed by atoms with Gasteiger partial charge in [-0.3, -0.25) is 4.98 Å². The zero-order valence-electron chi connectivity index (χ0n) is 9.85. The molecule has 84 valence electrons. The minimum atomic E-state index is 0.804. The Morgan fingerprint density at radius 1 is 1.06 bits per heavy atom. The molecular formula is C14H18N2. The Morgan fingerprint density at radius 2 is 1.88 bits per heavy atom. The number of rotatable bonds is 2. The van der Waals surface area contributed by atoms with Crippen molar-refractivity contribution in [2.75, 3.05) is 5.73 Å². The van der Waals surface area contributed by atoms with Crippen LogP contribution in [0.5, 0.6) is 0 Å². The highest BCUT2D eigenvalue weighted by molar-refractivity contribution is 5.41. The summed E-state index contributed by atoms with van der Waals surface area (Å²) in [4.78, 5) is 4.26. The van der Waals surface area contributed by atoms with Gasteiger partial charge in [-0.1, -0.05) is 32.0 Å². The lowest BCUT2D eigenvalue weighted by atomic mass is 10.1. The third kappa shape index (κ3) is 3.73. The summed E-state index contributed by atoms with van der Waals surface area (Å²) in [5.74, 6) is 0. The molecule has 0 fully saturated rings. The Kier molecular flexibility index (Phi) is 5.06. The Morgan fingerprint density at radius 3 is 2.50 bits per heavy atom. The van der Waals surface area contributed by atoms with Crippen LogP contribution in [0, 0.1) is 0 Å². The van der Waals surface area contributed by atoms with E-state index in [0.29, 0.717) is 0 Å². The first-order valence-corrected chi connectivity index (χ1v) is 5.59. The average Bonchev–Trinajstić information content (AvgIpc) is 2.33. The van der Waals surface area contributed by atoms with Gasteiger partial charge in [0, 0.05) is 24.0 Å². The lowest BCUT2D eigenvalue weighted by Crippen LogP contribution is -1.92. The van der Waals surface area contributed by atoms with Crippen molar-refractivity contribution in [1.82, 2.24) is 4.98 Å². The van der Waals surface area contributed by atoms with Crippen LogP contribution in [0.15, 0.2) is 48.7 Å². The summed E-state index contributed by atoms with van der Waals surface area (Å²) in [7, 11) is 0. The number of nitrogens with zero attached hydrogens (tertiary/aromatic N) is 1. The molecule has 2 aromatic rings. The van der Waals surface area contributed by atoms with Crippen LogP contribution in [0.1, 0.15) is 25.1 Å². The van der Waals surface area contributed by atoms with E-state index in [1.165, 1.54) is 5.56 Å². The van der Waals surface area contributed by atoms with Gasteiger partial charge >= 0.3 is 0 Å². The van der Waals surface area contributed by atoms with Gasteiger partial charge in [-0.2, -0.15) is 0 Å². The molecule has 0 aliphatic carbocycles. The van der Waals surface area contributed by atoms with Crippen molar-refractivity contribution in [2.24, 2.45) is 0 Å². The van der Waals surface area contributed by atoms with E-state index in [1.54, 1.807) is 0 Å². The van der Waals surface area contributed by atoms with Crippen LogP contribution in [0.25, 0.3) is 0 Å². The molecule has 0 radical (unpaired) electrons. The van der Waals surface area contributed by atoms with Crippen LogP contribution in [-0.2, 0) is 6.42 Å². The Hall–Kier alpha value is -1.83. The number of aromatic nitrogens is 1. The molecule has 16 heavy (non-hydrogen) atoms. The summed E-state index contributed by atoms with van der Waals surface area (Å²) in [5.41, 5.74) is 8.76. The highest BCUT2D eigenvalue weighted by Gasteiger charge is 1.96. The highest BCUT2D eigenvalue weighted by Crippen LogP contribution is 2.10.